The molecule has 0 fully saturated rings. The minimum absolute atomic E-state index is 0.187. The fourth-order valence-corrected chi connectivity index (χ4v) is 3.39. The van der Waals surface area contributed by atoms with Gasteiger partial charge in [0.1, 0.15) is 5.75 Å². The Bertz CT molecular complexity index is 896. The van der Waals surface area contributed by atoms with E-state index in [4.69, 9.17) is 9.47 Å². The largest absolute Gasteiger partial charge is 0.496 e. The van der Waals surface area contributed by atoms with Crippen LogP contribution in [0.3, 0.4) is 0 Å². The average Bonchev–Trinajstić information content (AvgIpc) is 3.09. The summed E-state index contributed by atoms with van der Waals surface area (Å²) in [5, 5.41) is 9.34. The Labute approximate surface area is 162 Å². The molecule has 0 unspecified atom stereocenters. The Hall–Kier alpha value is -2.80. The number of esters is 1. The van der Waals surface area contributed by atoms with E-state index >= 15 is 0 Å². The van der Waals surface area contributed by atoms with Crippen LogP contribution in [0.15, 0.2) is 59.8 Å². The monoisotopic (exact) mass is 383 g/mol. The van der Waals surface area contributed by atoms with Crippen molar-refractivity contribution < 1.29 is 14.3 Å². The lowest BCUT2D eigenvalue weighted by Gasteiger charge is -2.12. The van der Waals surface area contributed by atoms with Gasteiger partial charge in [0.05, 0.1) is 31.6 Å². The van der Waals surface area contributed by atoms with Gasteiger partial charge in [0.15, 0.2) is 11.0 Å². The topological polar surface area (TPSA) is 66.2 Å². The van der Waals surface area contributed by atoms with Crippen LogP contribution >= 0.6 is 11.8 Å². The summed E-state index contributed by atoms with van der Waals surface area (Å²) in [6.07, 6.45) is 0. The molecular weight excluding hydrogens is 362 g/mol. The van der Waals surface area contributed by atoms with E-state index < -0.39 is 0 Å². The maximum Gasteiger partial charge on any atom is 0.316 e. The molecule has 0 aliphatic rings. The number of aromatic nitrogens is 3. The van der Waals surface area contributed by atoms with E-state index in [0.29, 0.717) is 24.1 Å². The number of nitrogens with zero attached hydrogens (tertiary/aromatic N) is 3. The summed E-state index contributed by atoms with van der Waals surface area (Å²) in [5.41, 5.74) is 1.97. The SMILES string of the molecule is CCOC(=O)CSc1nnc(-c2ccccc2OC)n1Cc1ccccc1. The van der Waals surface area contributed by atoms with Crippen molar-refractivity contribution in [2.75, 3.05) is 19.5 Å². The zero-order valence-electron chi connectivity index (χ0n) is 15.3. The third kappa shape index (κ3) is 4.68. The number of para-hydroxylation sites is 1. The predicted molar refractivity (Wildman–Crippen MR) is 105 cm³/mol. The van der Waals surface area contributed by atoms with Crippen LogP contribution in [0.1, 0.15) is 12.5 Å². The summed E-state index contributed by atoms with van der Waals surface area (Å²) >= 11 is 1.32. The van der Waals surface area contributed by atoms with Crippen molar-refractivity contribution in [2.45, 2.75) is 18.6 Å². The molecular formula is C20H21N3O3S. The molecule has 6 nitrogen and oxygen atoms in total. The standard InChI is InChI=1S/C20H21N3O3S/c1-3-26-18(24)14-27-20-22-21-19(16-11-7-8-12-17(16)25-2)23(20)13-15-9-5-4-6-10-15/h4-12H,3,13-14H2,1-2H3. The third-order valence-electron chi connectivity index (χ3n) is 3.87. The summed E-state index contributed by atoms with van der Waals surface area (Å²) in [5.74, 6) is 1.34. The molecule has 0 aliphatic carbocycles. The number of carbonyl (C=O) groups excluding carboxylic acids is 1. The maximum absolute atomic E-state index is 11.7. The molecule has 0 N–H and O–H groups in total. The normalized spacial score (nSPS) is 10.6. The van der Waals surface area contributed by atoms with E-state index in [2.05, 4.69) is 10.2 Å². The molecule has 0 amide bonds. The Morgan fingerprint density at radius 3 is 2.56 bits per heavy atom. The van der Waals surface area contributed by atoms with Gasteiger partial charge < -0.3 is 9.47 Å². The van der Waals surface area contributed by atoms with Gasteiger partial charge in [-0.25, -0.2) is 0 Å². The number of hydrogen-bond acceptors (Lipinski definition) is 6. The average molecular weight is 383 g/mol. The first-order chi connectivity index (χ1) is 13.2. The number of rotatable bonds is 8. The Kier molecular flexibility index (Phi) is 6.49. The maximum atomic E-state index is 11.7. The summed E-state index contributed by atoms with van der Waals surface area (Å²) in [7, 11) is 1.63. The van der Waals surface area contributed by atoms with Crippen LogP contribution in [-0.2, 0) is 16.1 Å². The Balaban J connectivity index is 1.96. The van der Waals surface area contributed by atoms with E-state index in [-0.39, 0.29) is 11.7 Å². The Morgan fingerprint density at radius 2 is 1.81 bits per heavy atom. The highest BCUT2D eigenvalue weighted by Crippen LogP contribution is 2.31. The van der Waals surface area contributed by atoms with Crippen LogP contribution < -0.4 is 4.74 Å². The minimum atomic E-state index is -0.268. The summed E-state index contributed by atoms with van der Waals surface area (Å²) in [6.45, 7) is 2.75. The molecule has 3 aromatic rings. The molecule has 0 saturated carbocycles. The van der Waals surface area contributed by atoms with E-state index in [0.717, 1.165) is 16.9 Å². The fraction of sp³-hybridized carbons (Fsp3) is 0.250. The fourth-order valence-electron chi connectivity index (χ4n) is 2.66. The lowest BCUT2D eigenvalue weighted by atomic mass is 10.1. The van der Waals surface area contributed by atoms with Crippen molar-refractivity contribution in [1.29, 1.82) is 0 Å². The number of thioether (sulfide) groups is 1. The lowest BCUT2D eigenvalue weighted by molar-refractivity contribution is -0.139. The van der Waals surface area contributed by atoms with Crippen molar-refractivity contribution in [3.05, 3.63) is 60.2 Å². The van der Waals surface area contributed by atoms with Gasteiger partial charge in [-0.2, -0.15) is 0 Å². The number of methoxy groups -OCH3 is 1. The highest BCUT2D eigenvalue weighted by Gasteiger charge is 2.18. The van der Waals surface area contributed by atoms with Gasteiger partial charge in [-0.05, 0) is 24.6 Å². The molecule has 0 saturated heterocycles. The number of hydrogen-bond donors (Lipinski definition) is 0. The molecule has 7 heteroatoms. The van der Waals surface area contributed by atoms with Gasteiger partial charge in [-0.15, -0.1) is 10.2 Å². The summed E-state index contributed by atoms with van der Waals surface area (Å²) in [6, 6.07) is 17.8. The first-order valence-corrected chi connectivity index (χ1v) is 9.60. The van der Waals surface area contributed by atoms with Crippen molar-refractivity contribution >= 4 is 17.7 Å². The quantitative estimate of drug-likeness (QED) is 0.437. The van der Waals surface area contributed by atoms with Crippen molar-refractivity contribution in [1.82, 2.24) is 14.8 Å². The van der Waals surface area contributed by atoms with Gasteiger partial charge in [-0.1, -0.05) is 54.2 Å². The molecule has 140 valence electrons. The lowest BCUT2D eigenvalue weighted by Crippen LogP contribution is -2.09. The van der Waals surface area contributed by atoms with Crippen LogP contribution in [0, 0.1) is 0 Å². The predicted octanol–water partition coefficient (Wildman–Crippen LogP) is 3.66. The molecule has 0 radical (unpaired) electrons. The second-order valence-corrected chi connectivity index (χ2v) is 6.61. The van der Waals surface area contributed by atoms with Gasteiger partial charge in [0, 0.05) is 0 Å². The zero-order valence-corrected chi connectivity index (χ0v) is 16.1. The van der Waals surface area contributed by atoms with Crippen LogP contribution in [0.5, 0.6) is 5.75 Å². The van der Waals surface area contributed by atoms with Crippen molar-refractivity contribution in [3.63, 3.8) is 0 Å². The zero-order chi connectivity index (χ0) is 19.1. The van der Waals surface area contributed by atoms with Crippen molar-refractivity contribution in [3.8, 4) is 17.1 Å². The number of carbonyl (C=O) groups is 1. The highest BCUT2D eigenvalue weighted by molar-refractivity contribution is 7.99. The second-order valence-electron chi connectivity index (χ2n) is 5.67. The summed E-state index contributed by atoms with van der Waals surface area (Å²) < 4.78 is 12.5. The molecule has 0 bridgehead atoms. The second kappa shape index (κ2) is 9.23. The minimum Gasteiger partial charge on any atom is -0.496 e. The molecule has 0 aliphatic heterocycles. The van der Waals surface area contributed by atoms with E-state index in [1.54, 1.807) is 14.0 Å². The van der Waals surface area contributed by atoms with E-state index in [9.17, 15) is 4.79 Å². The van der Waals surface area contributed by atoms with E-state index in [1.165, 1.54) is 11.8 Å². The van der Waals surface area contributed by atoms with Crippen LogP contribution in [0.4, 0.5) is 0 Å². The Morgan fingerprint density at radius 1 is 1.07 bits per heavy atom. The van der Waals surface area contributed by atoms with Gasteiger partial charge in [0.25, 0.3) is 0 Å². The highest BCUT2D eigenvalue weighted by atomic mass is 32.2. The van der Waals surface area contributed by atoms with E-state index in [1.807, 2.05) is 59.2 Å². The van der Waals surface area contributed by atoms with Crippen LogP contribution in [0.25, 0.3) is 11.4 Å². The molecule has 27 heavy (non-hydrogen) atoms. The molecule has 2 aromatic carbocycles. The molecule has 1 aromatic heterocycles. The molecule has 0 atom stereocenters. The van der Waals surface area contributed by atoms with Gasteiger partial charge in [-0.3, -0.25) is 9.36 Å². The first-order valence-electron chi connectivity index (χ1n) is 8.61. The van der Waals surface area contributed by atoms with Crippen LogP contribution in [-0.4, -0.2) is 40.2 Å². The van der Waals surface area contributed by atoms with Crippen molar-refractivity contribution in [2.24, 2.45) is 0 Å². The molecule has 0 spiro atoms. The van der Waals surface area contributed by atoms with Gasteiger partial charge in [0.2, 0.25) is 0 Å². The molecule has 1 heterocycles. The molecule has 3 rings (SSSR count). The summed E-state index contributed by atoms with van der Waals surface area (Å²) in [4.78, 5) is 11.7. The number of ether oxygens (including phenoxy) is 2. The van der Waals surface area contributed by atoms with Crippen LogP contribution in [0.2, 0.25) is 0 Å². The smallest absolute Gasteiger partial charge is 0.316 e. The number of benzene rings is 2. The third-order valence-corrected chi connectivity index (χ3v) is 4.81. The van der Waals surface area contributed by atoms with Gasteiger partial charge >= 0.3 is 5.97 Å². The first kappa shape index (κ1) is 19.0.